The number of thioether (sulfide) groups is 1. The molecule has 1 saturated carbocycles. The minimum Gasteiger partial charge on any atom is -0.469 e. The molecule has 17 heavy (non-hydrogen) atoms. The van der Waals surface area contributed by atoms with Crippen LogP contribution in [-0.2, 0) is 16.0 Å². The topological polar surface area (TPSA) is 52.1 Å². The number of hydrogen-bond donors (Lipinski definition) is 0. The molecule has 2 rings (SSSR count). The second-order valence-corrected chi connectivity index (χ2v) is 6.35. The van der Waals surface area contributed by atoms with Crippen molar-refractivity contribution in [1.82, 2.24) is 9.36 Å². The molecule has 0 N–H and O–H groups in total. The molecular formula is C11H16N2O2S2. The van der Waals surface area contributed by atoms with Crippen LogP contribution in [0.1, 0.15) is 32.0 Å². The highest BCUT2D eigenvalue weighted by Gasteiger charge is 2.44. The van der Waals surface area contributed by atoms with E-state index in [-0.39, 0.29) is 11.4 Å². The van der Waals surface area contributed by atoms with Crippen molar-refractivity contribution >= 4 is 29.3 Å². The Kier molecular flexibility index (Phi) is 4.04. The van der Waals surface area contributed by atoms with Crippen LogP contribution in [0.2, 0.25) is 0 Å². The van der Waals surface area contributed by atoms with Crippen molar-refractivity contribution < 1.29 is 9.53 Å². The highest BCUT2D eigenvalue weighted by Crippen LogP contribution is 2.52. The van der Waals surface area contributed by atoms with E-state index >= 15 is 0 Å². The maximum atomic E-state index is 11.3. The van der Waals surface area contributed by atoms with Gasteiger partial charge in [0.1, 0.15) is 5.82 Å². The van der Waals surface area contributed by atoms with Gasteiger partial charge in [-0.15, -0.1) is 0 Å². The monoisotopic (exact) mass is 272 g/mol. The Bertz CT molecular complexity index is 402. The van der Waals surface area contributed by atoms with Crippen molar-refractivity contribution in [3.63, 3.8) is 0 Å². The lowest BCUT2D eigenvalue weighted by atomic mass is 10.1. The second kappa shape index (κ2) is 5.35. The Morgan fingerprint density at radius 1 is 1.59 bits per heavy atom. The summed E-state index contributed by atoms with van der Waals surface area (Å²) < 4.78 is 9.99. The predicted octanol–water partition coefficient (Wildman–Crippen LogP) is 2.54. The molecule has 0 saturated heterocycles. The summed E-state index contributed by atoms with van der Waals surface area (Å²) in [6, 6.07) is 0. The van der Waals surface area contributed by atoms with E-state index in [0.29, 0.717) is 6.42 Å². The number of ether oxygens (including phenoxy) is 1. The first-order valence-electron chi connectivity index (χ1n) is 5.70. The standard InChI is InChI=1S/C11H16N2O2S2/c1-3-8-12-10(17-13-8)16-7-11(4-5-11)6-9(14)15-2/h3-7H2,1-2H3. The number of carbonyl (C=O) groups is 1. The van der Waals surface area contributed by atoms with Crippen molar-refractivity contribution in [1.29, 1.82) is 0 Å². The van der Waals surface area contributed by atoms with Crippen molar-refractivity contribution in [3.05, 3.63) is 5.82 Å². The van der Waals surface area contributed by atoms with Crippen LogP contribution in [0, 0.1) is 5.41 Å². The smallest absolute Gasteiger partial charge is 0.306 e. The molecule has 1 heterocycles. The van der Waals surface area contributed by atoms with Crippen molar-refractivity contribution in [3.8, 4) is 0 Å². The van der Waals surface area contributed by atoms with Crippen LogP contribution < -0.4 is 0 Å². The molecule has 0 aromatic carbocycles. The highest BCUT2D eigenvalue weighted by atomic mass is 32.2. The summed E-state index contributed by atoms with van der Waals surface area (Å²) in [5.74, 6) is 1.76. The summed E-state index contributed by atoms with van der Waals surface area (Å²) in [6.07, 6.45) is 3.66. The minimum atomic E-state index is -0.102. The predicted molar refractivity (Wildman–Crippen MR) is 68.3 cm³/mol. The maximum absolute atomic E-state index is 11.3. The van der Waals surface area contributed by atoms with E-state index in [1.807, 2.05) is 0 Å². The fourth-order valence-electron chi connectivity index (χ4n) is 1.58. The van der Waals surface area contributed by atoms with Crippen molar-refractivity contribution in [2.24, 2.45) is 5.41 Å². The lowest BCUT2D eigenvalue weighted by Crippen LogP contribution is -2.12. The van der Waals surface area contributed by atoms with E-state index in [0.717, 1.165) is 35.2 Å². The Hall–Kier alpha value is -0.620. The van der Waals surface area contributed by atoms with Gasteiger partial charge in [-0.2, -0.15) is 4.37 Å². The Morgan fingerprint density at radius 3 is 2.88 bits per heavy atom. The molecule has 1 aliphatic rings. The molecule has 0 unspecified atom stereocenters. The SMILES string of the molecule is CCc1nsc(SCC2(CC(=O)OC)CC2)n1. The average molecular weight is 272 g/mol. The molecule has 1 aromatic rings. The quantitative estimate of drug-likeness (QED) is 0.588. The number of methoxy groups -OCH3 is 1. The molecule has 1 aromatic heterocycles. The van der Waals surface area contributed by atoms with Gasteiger partial charge in [0.15, 0.2) is 4.34 Å². The Morgan fingerprint density at radius 2 is 2.35 bits per heavy atom. The molecule has 0 radical (unpaired) electrons. The molecule has 0 atom stereocenters. The van der Waals surface area contributed by atoms with Crippen LogP contribution in [-0.4, -0.2) is 28.2 Å². The van der Waals surface area contributed by atoms with E-state index in [4.69, 9.17) is 4.74 Å². The van der Waals surface area contributed by atoms with E-state index < -0.39 is 0 Å². The van der Waals surface area contributed by atoms with Crippen LogP contribution in [0.15, 0.2) is 4.34 Å². The summed E-state index contributed by atoms with van der Waals surface area (Å²) in [7, 11) is 1.45. The third kappa shape index (κ3) is 3.42. The third-order valence-electron chi connectivity index (χ3n) is 2.97. The first-order valence-corrected chi connectivity index (χ1v) is 7.45. The van der Waals surface area contributed by atoms with Gasteiger partial charge >= 0.3 is 5.97 Å². The van der Waals surface area contributed by atoms with Crippen LogP contribution in [0.25, 0.3) is 0 Å². The van der Waals surface area contributed by atoms with Crippen molar-refractivity contribution in [2.75, 3.05) is 12.9 Å². The van der Waals surface area contributed by atoms with E-state index in [1.54, 1.807) is 11.8 Å². The van der Waals surface area contributed by atoms with Gasteiger partial charge in [0.2, 0.25) is 0 Å². The summed E-state index contributed by atoms with van der Waals surface area (Å²) in [5, 5.41) is 0. The molecule has 0 amide bonds. The van der Waals surface area contributed by atoms with E-state index in [1.165, 1.54) is 18.6 Å². The molecule has 0 aliphatic heterocycles. The van der Waals surface area contributed by atoms with Crippen LogP contribution >= 0.6 is 23.3 Å². The molecule has 1 aliphatic carbocycles. The van der Waals surface area contributed by atoms with Gasteiger partial charge in [0, 0.05) is 12.2 Å². The summed E-state index contributed by atoms with van der Waals surface area (Å²) in [5.41, 5.74) is 0.163. The van der Waals surface area contributed by atoms with Gasteiger partial charge in [0.05, 0.1) is 13.5 Å². The summed E-state index contributed by atoms with van der Waals surface area (Å²) >= 11 is 3.17. The maximum Gasteiger partial charge on any atom is 0.306 e. The number of nitrogens with zero attached hydrogens (tertiary/aromatic N) is 2. The summed E-state index contributed by atoms with van der Waals surface area (Å²) in [4.78, 5) is 15.7. The summed E-state index contributed by atoms with van der Waals surface area (Å²) in [6.45, 7) is 2.05. The van der Waals surface area contributed by atoms with E-state index in [2.05, 4.69) is 16.3 Å². The Labute approximate surface area is 109 Å². The average Bonchev–Trinajstić information content (AvgIpc) is 2.94. The van der Waals surface area contributed by atoms with Gasteiger partial charge in [-0.1, -0.05) is 18.7 Å². The van der Waals surface area contributed by atoms with Gasteiger partial charge in [-0.05, 0) is 29.8 Å². The first kappa shape index (κ1) is 12.8. The van der Waals surface area contributed by atoms with Crippen LogP contribution in [0.4, 0.5) is 0 Å². The van der Waals surface area contributed by atoms with Gasteiger partial charge in [0.25, 0.3) is 0 Å². The molecule has 0 spiro atoms. The minimum absolute atomic E-state index is 0.102. The molecule has 6 heteroatoms. The third-order valence-corrected chi connectivity index (χ3v) is 5.19. The largest absolute Gasteiger partial charge is 0.469 e. The molecule has 0 bridgehead atoms. The number of aromatic nitrogens is 2. The van der Waals surface area contributed by atoms with Crippen molar-refractivity contribution in [2.45, 2.75) is 36.9 Å². The zero-order valence-corrected chi connectivity index (χ0v) is 11.7. The fraction of sp³-hybridized carbons (Fsp3) is 0.727. The zero-order valence-electron chi connectivity index (χ0n) is 10.1. The highest BCUT2D eigenvalue weighted by molar-refractivity contribution is 8.00. The molecule has 94 valence electrons. The molecule has 1 fully saturated rings. The lowest BCUT2D eigenvalue weighted by molar-refractivity contribution is -0.141. The number of carbonyl (C=O) groups excluding carboxylic acids is 1. The number of rotatable bonds is 6. The fourth-order valence-corrected chi connectivity index (χ4v) is 3.57. The Balaban J connectivity index is 1.83. The normalized spacial score (nSPS) is 16.8. The number of hydrogen-bond acceptors (Lipinski definition) is 6. The molecular weight excluding hydrogens is 256 g/mol. The second-order valence-electron chi connectivity index (χ2n) is 4.37. The lowest BCUT2D eigenvalue weighted by Gasteiger charge is -2.11. The first-order chi connectivity index (χ1) is 8.17. The number of esters is 1. The zero-order chi connectivity index (χ0) is 12.3. The van der Waals surface area contributed by atoms with E-state index in [9.17, 15) is 4.79 Å². The molecule has 4 nitrogen and oxygen atoms in total. The van der Waals surface area contributed by atoms with Gasteiger partial charge < -0.3 is 4.74 Å². The number of aryl methyl sites for hydroxylation is 1. The van der Waals surface area contributed by atoms with Gasteiger partial charge in [-0.25, -0.2) is 4.98 Å². The van der Waals surface area contributed by atoms with Crippen LogP contribution in [0.3, 0.4) is 0 Å². The van der Waals surface area contributed by atoms with Gasteiger partial charge in [-0.3, -0.25) is 4.79 Å². The van der Waals surface area contributed by atoms with Crippen LogP contribution in [0.5, 0.6) is 0 Å².